The minimum absolute atomic E-state index is 0.0333. The number of morpholine rings is 1. The Kier molecular flexibility index (Phi) is 4.92. The second-order valence-electron chi connectivity index (χ2n) is 6.28. The van der Waals surface area contributed by atoms with Crippen molar-refractivity contribution in [3.05, 3.63) is 53.2 Å². The maximum absolute atomic E-state index is 13.2. The zero-order valence-electron chi connectivity index (χ0n) is 14.9. The van der Waals surface area contributed by atoms with Crippen molar-refractivity contribution >= 4 is 34.2 Å². The van der Waals surface area contributed by atoms with Gasteiger partial charge in [-0.1, -0.05) is 23.7 Å². The molecule has 3 heterocycles. The largest absolute Gasteiger partial charge is 0.378 e. The number of para-hydroxylation sites is 1. The van der Waals surface area contributed by atoms with E-state index in [4.69, 9.17) is 21.3 Å². The van der Waals surface area contributed by atoms with E-state index in [2.05, 4.69) is 10.3 Å². The Labute approximate surface area is 162 Å². The van der Waals surface area contributed by atoms with Crippen LogP contribution in [0.4, 0.5) is 5.82 Å². The summed E-state index contributed by atoms with van der Waals surface area (Å²) in [5, 5.41) is 4.26. The molecule has 1 amide bonds. The predicted molar refractivity (Wildman–Crippen MR) is 106 cm³/mol. The zero-order chi connectivity index (χ0) is 18.8. The fraction of sp³-hybridized carbons (Fsp3) is 0.250. The minimum Gasteiger partial charge on any atom is -0.378 e. The van der Waals surface area contributed by atoms with Gasteiger partial charge < -0.3 is 15.0 Å². The monoisotopic (exact) mass is 382 g/mol. The first kappa shape index (κ1) is 17.7. The maximum Gasteiger partial charge on any atom is 0.254 e. The fourth-order valence-corrected chi connectivity index (χ4v) is 3.39. The van der Waals surface area contributed by atoms with Crippen LogP contribution in [0.15, 0.2) is 42.6 Å². The van der Waals surface area contributed by atoms with Crippen LogP contribution in [0.5, 0.6) is 0 Å². The Balaban J connectivity index is 1.85. The van der Waals surface area contributed by atoms with Crippen molar-refractivity contribution in [2.24, 2.45) is 0 Å². The van der Waals surface area contributed by atoms with Crippen molar-refractivity contribution in [3.8, 4) is 11.3 Å². The van der Waals surface area contributed by atoms with Gasteiger partial charge in [-0.3, -0.25) is 4.79 Å². The highest BCUT2D eigenvalue weighted by Gasteiger charge is 2.22. The molecule has 4 rings (SSSR count). The van der Waals surface area contributed by atoms with Gasteiger partial charge in [0.1, 0.15) is 5.82 Å². The number of pyridine rings is 2. The minimum atomic E-state index is -0.0333. The van der Waals surface area contributed by atoms with Crippen molar-refractivity contribution in [2.75, 3.05) is 38.7 Å². The highest BCUT2D eigenvalue weighted by Crippen LogP contribution is 2.30. The van der Waals surface area contributed by atoms with E-state index in [1.165, 1.54) is 0 Å². The molecule has 0 bridgehead atoms. The smallest absolute Gasteiger partial charge is 0.254 e. The van der Waals surface area contributed by atoms with Crippen molar-refractivity contribution in [1.29, 1.82) is 0 Å². The Morgan fingerprint density at radius 2 is 2.04 bits per heavy atom. The second kappa shape index (κ2) is 7.50. The Bertz CT molecular complexity index is 985. The van der Waals surface area contributed by atoms with Crippen LogP contribution in [-0.2, 0) is 4.74 Å². The molecule has 1 N–H and O–H groups in total. The molecule has 0 atom stereocenters. The zero-order valence-corrected chi connectivity index (χ0v) is 15.7. The Hall–Kier alpha value is -2.70. The lowest BCUT2D eigenvalue weighted by Gasteiger charge is -2.27. The SMILES string of the molecule is CNc1ccc(-c2cc(C(=O)N3CCOCC3)c3cccc(Cl)c3n2)cn1. The standard InChI is InChI=1S/C20H19ClN4O2/c1-22-18-6-5-13(12-23-18)17-11-15(20(26)25-7-9-27-10-8-25)14-3-2-4-16(21)19(14)24-17/h2-6,11-12H,7-10H2,1H3,(H,22,23). The molecule has 2 aromatic heterocycles. The number of ether oxygens (including phenoxy) is 1. The molecule has 0 saturated carbocycles. The first-order chi connectivity index (χ1) is 13.2. The Morgan fingerprint density at radius 3 is 2.74 bits per heavy atom. The van der Waals surface area contributed by atoms with Gasteiger partial charge in [0.05, 0.1) is 35.0 Å². The van der Waals surface area contributed by atoms with Gasteiger partial charge in [0.15, 0.2) is 0 Å². The molecule has 1 aliphatic heterocycles. The molecular weight excluding hydrogens is 364 g/mol. The van der Waals surface area contributed by atoms with Gasteiger partial charge in [0.25, 0.3) is 5.91 Å². The molecule has 6 nitrogen and oxygen atoms in total. The van der Waals surface area contributed by atoms with Crippen molar-refractivity contribution in [3.63, 3.8) is 0 Å². The maximum atomic E-state index is 13.2. The summed E-state index contributed by atoms with van der Waals surface area (Å²) >= 11 is 6.39. The van der Waals surface area contributed by atoms with Gasteiger partial charge in [-0.2, -0.15) is 0 Å². The summed E-state index contributed by atoms with van der Waals surface area (Å²) in [7, 11) is 1.81. The van der Waals surface area contributed by atoms with Crippen LogP contribution in [0.25, 0.3) is 22.2 Å². The lowest BCUT2D eigenvalue weighted by atomic mass is 10.0. The van der Waals surface area contributed by atoms with E-state index in [0.29, 0.717) is 48.1 Å². The quantitative estimate of drug-likeness (QED) is 0.751. The number of carbonyl (C=O) groups is 1. The summed E-state index contributed by atoms with van der Waals surface area (Å²) in [5.74, 6) is 0.733. The topological polar surface area (TPSA) is 67.4 Å². The average molecular weight is 383 g/mol. The number of anilines is 1. The first-order valence-corrected chi connectivity index (χ1v) is 9.15. The van der Waals surface area contributed by atoms with Crippen LogP contribution < -0.4 is 5.32 Å². The van der Waals surface area contributed by atoms with E-state index in [1.54, 1.807) is 12.3 Å². The number of fused-ring (bicyclic) bond motifs is 1. The van der Waals surface area contributed by atoms with E-state index in [1.807, 2.05) is 42.3 Å². The van der Waals surface area contributed by atoms with E-state index in [-0.39, 0.29) is 5.91 Å². The van der Waals surface area contributed by atoms with Gasteiger partial charge >= 0.3 is 0 Å². The number of aromatic nitrogens is 2. The third-order valence-electron chi connectivity index (χ3n) is 4.63. The first-order valence-electron chi connectivity index (χ1n) is 8.78. The molecule has 1 aromatic carbocycles. The van der Waals surface area contributed by atoms with Crippen LogP contribution >= 0.6 is 11.6 Å². The lowest BCUT2D eigenvalue weighted by molar-refractivity contribution is 0.0304. The number of amides is 1. The number of hydrogen-bond donors (Lipinski definition) is 1. The summed E-state index contributed by atoms with van der Waals surface area (Å²) in [4.78, 5) is 24.0. The molecule has 1 saturated heterocycles. The third kappa shape index (κ3) is 3.46. The summed E-state index contributed by atoms with van der Waals surface area (Å²) in [6.45, 7) is 2.27. The van der Waals surface area contributed by atoms with Crippen LogP contribution in [0.3, 0.4) is 0 Å². The van der Waals surface area contributed by atoms with Gasteiger partial charge in [-0.05, 0) is 24.3 Å². The molecule has 1 fully saturated rings. The number of benzene rings is 1. The van der Waals surface area contributed by atoms with Crippen LogP contribution in [-0.4, -0.2) is 54.1 Å². The van der Waals surface area contributed by atoms with E-state index in [0.717, 1.165) is 16.8 Å². The molecule has 7 heteroatoms. The second-order valence-corrected chi connectivity index (χ2v) is 6.68. The molecule has 0 spiro atoms. The van der Waals surface area contributed by atoms with E-state index >= 15 is 0 Å². The van der Waals surface area contributed by atoms with Crippen molar-refractivity contribution in [2.45, 2.75) is 0 Å². The summed E-state index contributed by atoms with van der Waals surface area (Å²) < 4.78 is 5.37. The van der Waals surface area contributed by atoms with E-state index in [9.17, 15) is 4.79 Å². The highest BCUT2D eigenvalue weighted by molar-refractivity contribution is 6.35. The number of nitrogens with one attached hydrogen (secondary N) is 1. The molecule has 1 aliphatic rings. The number of nitrogens with zero attached hydrogens (tertiary/aromatic N) is 3. The highest BCUT2D eigenvalue weighted by atomic mass is 35.5. The average Bonchev–Trinajstić information content (AvgIpc) is 2.73. The van der Waals surface area contributed by atoms with Crippen LogP contribution in [0.2, 0.25) is 5.02 Å². The summed E-state index contributed by atoms with van der Waals surface area (Å²) in [6.07, 6.45) is 1.74. The summed E-state index contributed by atoms with van der Waals surface area (Å²) in [6, 6.07) is 11.1. The van der Waals surface area contributed by atoms with Gasteiger partial charge in [-0.15, -0.1) is 0 Å². The number of rotatable bonds is 3. The molecule has 3 aromatic rings. The molecule has 27 heavy (non-hydrogen) atoms. The normalized spacial score (nSPS) is 14.4. The van der Waals surface area contributed by atoms with Gasteiger partial charge in [0.2, 0.25) is 0 Å². The third-order valence-corrected chi connectivity index (χ3v) is 4.94. The number of carbonyl (C=O) groups excluding carboxylic acids is 1. The molecule has 0 aliphatic carbocycles. The van der Waals surface area contributed by atoms with Crippen molar-refractivity contribution < 1.29 is 9.53 Å². The lowest BCUT2D eigenvalue weighted by Crippen LogP contribution is -2.40. The molecule has 0 unspecified atom stereocenters. The number of halogens is 1. The molecule has 0 radical (unpaired) electrons. The molecule has 138 valence electrons. The Morgan fingerprint density at radius 1 is 1.22 bits per heavy atom. The fourth-order valence-electron chi connectivity index (χ4n) is 3.17. The summed E-state index contributed by atoms with van der Waals surface area (Å²) in [5.41, 5.74) is 2.71. The predicted octanol–water partition coefficient (Wildman–Crippen LogP) is 3.46. The van der Waals surface area contributed by atoms with Crippen LogP contribution in [0.1, 0.15) is 10.4 Å². The molecular formula is C20H19ClN4O2. The van der Waals surface area contributed by atoms with Crippen LogP contribution in [0, 0.1) is 0 Å². The van der Waals surface area contributed by atoms with E-state index < -0.39 is 0 Å². The number of hydrogen-bond acceptors (Lipinski definition) is 5. The van der Waals surface area contributed by atoms with Gasteiger partial charge in [-0.25, -0.2) is 9.97 Å². The van der Waals surface area contributed by atoms with Gasteiger partial charge in [0, 0.05) is 37.3 Å². The van der Waals surface area contributed by atoms with Crippen molar-refractivity contribution in [1.82, 2.24) is 14.9 Å².